The van der Waals surface area contributed by atoms with E-state index in [1.54, 1.807) is 31.2 Å². The third kappa shape index (κ3) is 2.64. The van der Waals surface area contributed by atoms with Crippen molar-refractivity contribution in [3.63, 3.8) is 0 Å². The Labute approximate surface area is 200 Å². The highest BCUT2D eigenvalue weighted by molar-refractivity contribution is 6.16. The average Bonchev–Trinajstić information content (AvgIpc) is 3.57. The van der Waals surface area contributed by atoms with Gasteiger partial charge in [0.25, 0.3) is 11.7 Å². The van der Waals surface area contributed by atoms with E-state index < -0.39 is 28.7 Å². The number of nitrogens with zero attached hydrogens (tertiary/aromatic N) is 1. The molecule has 1 saturated carbocycles. The van der Waals surface area contributed by atoms with E-state index in [-0.39, 0.29) is 22.5 Å². The molecule has 1 amide bonds. The third-order valence-corrected chi connectivity index (χ3v) is 7.99. The summed E-state index contributed by atoms with van der Waals surface area (Å²) in [6, 6.07) is 10.3. The van der Waals surface area contributed by atoms with E-state index in [9.17, 15) is 19.5 Å². The standard InChI is InChI=1S/C26H26N4O5/c1-12(14-7-8-14)15-9-10-16-19(11-15)35-26(34)17-5-4-6-18(27)20(17)22(31)25(16,26)29-23(32)21-13(2)30(3)24(33)28-21/h4-6,9-12,14,34H,7-8,27H2,1-3H3,(H,28,33)(H,29,32)/t12-,25+,26+/m0/s1. The number of Topliss-reactive ketones (excluding diaryl/α,β-unsaturated/α-hetero) is 1. The molecule has 0 unspecified atom stereocenters. The van der Waals surface area contributed by atoms with Gasteiger partial charge in [0.05, 0.1) is 5.56 Å². The van der Waals surface area contributed by atoms with Crippen LogP contribution >= 0.6 is 0 Å². The van der Waals surface area contributed by atoms with Gasteiger partial charge in [-0.1, -0.05) is 31.2 Å². The van der Waals surface area contributed by atoms with E-state index in [4.69, 9.17) is 10.5 Å². The number of fused-ring (bicyclic) bond motifs is 5. The molecular formula is C26H26N4O5. The number of anilines is 1. The van der Waals surface area contributed by atoms with Crippen LogP contribution in [0.4, 0.5) is 5.69 Å². The lowest BCUT2D eigenvalue weighted by molar-refractivity contribution is -0.169. The van der Waals surface area contributed by atoms with Gasteiger partial charge in [-0.25, -0.2) is 4.79 Å². The highest BCUT2D eigenvalue weighted by Crippen LogP contribution is 2.59. The number of H-pyrrole nitrogens is 1. The molecule has 180 valence electrons. The van der Waals surface area contributed by atoms with Crippen molar-refractivity contribution in [3.05, 3.63) is 80.5 Å². The molecule has 3 aromatic rings. The first-order chi connectivity index (χ1) is 16.6. The number of imidazole rings is 1. The lowest BCUT2D eigenvalue weighted by Gasteiger charge is -2.34. The van der Waals surface area contributed by atoms with Crippen LogP contribution in [0, 0.1) is 12.8 Å². The second-order valence-electron chi connectivity index (χ2n) is 9.88. The molecule has 0 bridgehead atoms. The van der Waals surface area contributed by atoms with Crippen molar-refractivity contribution in [1.82, 2.24) is 14.9 Å². The van der Waals surface area contributed by atoms with Gasteiger partial charge in [0, 0.05) is 29.6 Å². The maximum absolute atomic E-state index is 14.0. The predicted octanol–water partition coefficient (Wildman–Crippen LogP) is 2.18. The number of benzene rings is 2. The molecule has 9 heteroatoms. The zero-order valence-corrected chi connectivity index (χ0v) is 19.6. The Balaban J connectivity index is 1.54. The number of rotatable bonds is 4. The molecule has 2 aromatic carbocycles. The first-order valence-corrected chi connectivity index (χ1v) is 11.7. The van der Waals surface area contributed by atoms with Gasteiger partial charge in [-0.15, -0.1) is 0 Å². The van der Waals surface area contributed by atoms with Gasteiger partial charge in [-0.2, -0.15) is 0 Å². The number of ketones is 1. The van der Waals surface area contributed by atoms with Crippen LogP contribution < -0.4 is 21.5 Å². The number of hydrogen-bond donors (Lipinski definition) is 4. The lowest BCUT2D eigenvalue weighted by Crippen LogP contribution is -2.60. The number of carbonyl (C=O) groups excluding carboxylic acids is 2. The molecule has 35 heavy (non-hydrogen) atoms. The van der Waals surface area contributed by atoms with E-state index in [1.165, 1.54) is 24.5 Å². The van der Waals surface area contributed by atoms with Crippen molar-refractivity contribution in [2.75, 3.05) is 5.73 Å². The fraction of sp³-hybridized carbons (Fsp3) is 0.346. The van der Waals surface area contributed by atoms with Crippen LogP contribution in [0.25, 0.3) is 0 Å². The number of amides is 1. The Morgan fingerprint density at radius 3 is 2.66 bits per heavy atom. The molecule has 9 nitrogen and oxygen atoms in total. The summed E-state index contributed by atoms with van der Waals surface area (Å²) in [4.78, 5) is 42.2. The van der Waals surface area contributed by atoms with Crippen LogP contribution in [0.2, 0.25) is 0 Å². The van der Waals surface area contributed by atoms with Gasteiger partial charge in [0.2, 0.25) is 11.3 Å². The molecule has 3 atom stereocenters. The number of hydrogen-bond acceptors (Lipinski definition) is 6. The molecule has 1 aromatic heterocycles. The van der Waals surface area contributed by atoms with Gasteiger partial charge in [0.15, 0.2) is 0 Å². The number of aromatic nitrogens is 2. The van der Waals surface area contributed by atoms with Crippen molar-refractivity contribution in [2.24, 2.45) is 13.0 Å². The van der Waals surface area contributed by atoms with Crippen molar-refractivity contribution in [3.8, 4) is 5.75 Å². The third-order valence-electron chi connectivity index (χ3n) is 7.99. The van der Waals surface area contributed by atoms with E-state index in [0.29, 0.717) is 28.8 Å². The SMILES string of the molecule is Cc1c(C(=O)N[C@]23C(=O)c4c(N)cccc4[C@@]2(O)Oc2cc([C@@H](C)C4CC4)ccc23)[nH]c(=O)n1C. The number of nitrogens with two attached hydrogens (primary N) is 1. The number of aromatic amines is 1. The Bertz CT molecular complexity index is 1500. The zero-order chi connectivity index (χ0) is 24.9. The highest BCUT2D eigenvalue weighted by Gasteiger charge is 2.72. The van der Waals surface area contributed by atoms with Crippen LogP contribution in [0.15, 0.2) is 41.2 Å². The molecule has 0 saturated heterocycles. The van der Waals surface area contributed by atoms with Gasteiger partial charge >= 0.3 is 5.69 Å². The topological polar surface area (TPSA) is 139 Å². The van der Waals surface area contributed by atoms with Crippen LogP contribution in [-0.2, 0) is 18.4 Å². The minimum absolute atomic E-state index is 0.00150. The van der Waals surface area contributed by atoms with Crippen molar-refractivity contribution in [1.29, 1.82) is 0 Å². The Kier molecular flexibility index (Phi) is 4.24. The number of nitrogen functional groups attached to an aromatic ring is 1. The molecule has 2 heterocycles. The summed E-state index contributed by atoms with van der Waals surface area (Å²) in [5, 5.41) is 14.8. The van der Waals surface area contributed by atoms with E-state index >= 15 is 0 Å². The van der Waals surface area contributed by atoms with Crippen molar-refractivity contribution < 1.29 is 19.4 Å². The van der Waals surface area contributed by atoms with E-state index in [0.717, 1.165) is 5.56 Å². The quantitative estimate of drug-likeness (QED) is 0.428. The first-order valence-electron chi connectivity index (χ1n) is 11.7. The minimum atomic E-state index is -2.21. The van der Waals surface area contributed by atoms with Crippen LogP contribution in [0.1, 0.15) is 68.9 Å². The summed E-state index contributed by atoms with van der Waals surface area (Å²) >= 11 is 0. The molecular weight excluding hydrogens is 448 g/mol. The molecule has 5 N–H and O–H groups in total. The van der Waals surface area contributed by atoms with Gasteiger partial charge in [-0.05, 0) is 49.3 Å². The summed E-state index contributed by atoms with van der Waals surface area (Å²) in [6.07, 6.45) is 2.34. The van der Waals surface area contributed by atoms with Gasteiger partial charge < -0.3 is 25.9 Å². The Morgan fingerprint density at radius 2 is 2.00 bits per heavy atom. The van der Waals surface area contributed by atoms with Crippen LogP contribution in [-0.4, -0.2) is 26.3 Å². The number of carbonyl (C=O) groups is 2. The number of nitrogens with one attached hydrogen (secondary N) is 2. The monoisotopic (exact) mass is 474 g/mol. The van der Waals surface area contributed by atoms with E-state index in [2.05, 4.69) is 17.2 Å². The summed E-state index contributed by atoms with van der Waals surface area (Å²) < 4.78 is 7.45. The van der Waals surface area contributed by atoms with Gasteiger partial charge in [0.1, 0.15) is 11.4 Å². The predicted molar refractivity (Wildman–Crippen MR) is 127 cm³/mol. The second kappa shape index (κ2) is 6.85. The Morgan fingerprint density at radius 1 is 1.26 bits per heavy atom. The summed E-state index contributed by atoms with van der Waals surface area (Å²) in [5.74, 6) is -2.26. The van der Waals surface area contributed by atoms with Crippen molar-refractivity contribution in [2.45, 2.75) is 43.9 Å². The maximum atomic E-state index is 14.0. The number of aliphatic hydroxyl groups is 1. The second-order valence-corrected chi connectivity index (χ2v) is 9.88. The molecule has 6 rings (SSSR count). The Hall–Kier alpha value is -3.85. The molecule has 0 spiro atoms. The summed E-state index contributed by atoms with van der Waals surface area (Å²) in [5.41, 5.74) is 5.95. The molecule has 0 radical (unpaired) electrons. The fourth-order valence-electron chi connectivity index (χ4n) is 5.59. The smallest absolute Gasteiger partial charge is 0.326 e. The first kappa shape index (κ1) is 21.7. The minimum Gasteiger partial charge on any atom is -0.454 e. The fourth-order valence-corrected chi connectivity index (χ4v) is 5.59. The van der Waals surface area contributed by atoms with E-state index in [1.807, 2.05) is 12.1 Å². The van der Waals surface area contributed by atoms with Gasteiger partial charge in [-0.3, -0.25) is 14.2 Å². The maximum Gasteiger partial charge on any atom is 0.326 e. The summed E-state index contributed by atoms with van der Waals surface area (Å²) in [6.45, 7) is 3.77. The normalized spacial score (nSPS) is 25.0. The number of ether oxygens (including phenoxy) is 1. The summed E-state index contributed by atoms with van der Waals surface area (Å²) in [7, 11) is 1.54. The van der Waals surface area contributed by atoms with Crippen molar-refractivity contribution >= 4 is 17.4 Å². The zero-order valence-electron chi connectivity index (χ0n) is 19.6. The van der Waals surface area contributed by atoms with Crippen LogP contribution in [0.5, 0.6) is 5.75 Å². The molecule has 1 fully saturated rings. The molecule has 3 aliphatic rings. The highest BCUT2D eigenvalue weighted by atomic mass is 16.6. The van der Waals surface area contributed by atoms with Crippen LogP contribution in [0.3, 0.4) is 0 Å². The molecule has 1 aliphatic heterocycles. The molecule has 2 aliphatic carbocycles. The lowest BCUT2D eigenvalue weighted by atomic mass is 9.81. The average molecular weight is 475 g/mol. The largest absolute Gasteiger partial charge is 0.454 e.